The van der Waals surface area contributed by atoms with Gasteiger partial charge in [0.05, 0.1) is 6.61 Å². The first kappa shape index (κ1) is 16.0. The summed E-state index contributed by atoms with van der Waals surface area (Å²) in [5, 5.41) is 15.8. The van der Waals surface area contributed by atoms with Crippen molar-refractivity contribution in [3.8, 4) is 0 Å². The monoisotopic (exact) mass is 286 g/mol. The molecule has 108 valence electrons. The maximum absolute atomic E-state index is 12.0. The molecular weight excluding hydrogens is 264 g/mol. The molecule has 0 saturated heterocycles. The summed E-state index contributed by atoms with van der Waals surface area (Å²) in [6.07, 6.45) is 1.90. The van der Waals surface area contributed by atoms with E-state index in [4.69, 9.17) is 4.52 Å². The van der Waals surface area contributed by atoms with Crippen molar-refractivity contribution >= 4 is 17.7 Å². The SMILES string of the molecule is CSC(CO)C(C)NC(=O)c1cc(C(C)(C)C)on1. The average molecular weight is 286 g/mol. The van der Waals surface area contributed by atoms with Crippen LogP contribution in [0.4, 0.5) is 0 Å². The number of nitrogens with zero attached hydrogens (tertiary/aromatic N) is 1. The van der Waals surface area contributed by atoms with E-state index >= 15 is 0 Å². The van der Waals surface area contributed by atoms with Crippen molar-refractivity contribution in [2.45, 2.75) is 44.4 Å². The fraction of sp³-hybridized carbons (Fsp3) is 0.692. The number of nitrogens with one attached hydrogen (secondary N) is 1. The van der Waals surface area contributed by atoms with Crippen LogP contribution in [0.1, 0.15) is 43.9 Å². The number of hydrogen-bond acceptors (Lipinski definition) is 5. The molecule has 0 fully saturated rings. The second kappa shape index (κ2) is 6.43. The molecule has 2 atom stereocenters. The van der Waals surface area contributed by atoms with E-state index in [-0.39, 0.29) is 34.9 Å². The van der Waals surface area contributed by atoms with Crippen LogP contribution in [-0.2, 0) is 5.41 Å². The van der Waals surface area contributed by atoms with Gasteiger partial charge in [-0.3, -0.25) is 4.79 Å². The molecule has 2 unspecified atom stereocenters. The topological polar surface area (TPSA) is 75.4 Å². The largest absolute Gasteiger partial charge is 0.395 e. The third-order valence-electron chi connectivity index (χ3n) is 2.88. The first-order valence-corrected chi connectivity index (χ1v) is 7.50. The number of rotatable bonds is 5. The van der Waals surface area contributed by atoms with Crippen LogP contribution < -0.4 is 5.32 Å². The molecule has 0 saturated carbocycles. The molecule has 0 radical (unpaired) electrons. The minimum atomic E-state index is -0.278. The lowest BCUT2D eigenvalue weighted by Gasteiger charge is -2.20. The lowest BCUT2D eigenvalue weighted by atomic mass is 9.93. The number of thioether (sulfide) groups is 1. The fourth-order valence-corrected chi connectivity index (χ4v) is 2.17. The molecule has 0 aliphatic carbocycles. The molecule has 0 aliphatic heterocycles. The number of carbonyl (C=O) groups excluding carboxylic acids is 1. The molecule has 0 aromatic carbocycles. The van der Waals surface area contributed by atoms with Crippen LogP contribution in [0.5, 0.6) is 0 Å². The van der Waals surface area contributed by atoms with Gasteiger partial charge in [-0.15, -0.1) is 0 Å². The van der Waals surface area contributed by atoms with Gasteiger partial charge >= 0.3 is 0 Å². The molecule has 1 amide bonds. The Morgan fingerprint density at radius 1 is 1.58 bits per heavy atom. The highest BCUT2D eigenvalue weighted by atomic mass is 32.2. The van der Waals surface area contributed by atoms with Crippen LogP contribution in [0.25, 0.3) is 0 Å². The zero-order valence-electron chi connectivity index (χ0n) is 12.1. The summed E-state index contributed by atoms with van der Waals surface area (Å²) in [6.45, 7) is 7.86. The van der Waals surface area contributed by atoms with E-state index in [0.29, 0.717) is 5.76 Å². The Kier molecular flexibility index (Phi) is 5.43. The number of carbonyl (C=O) groups is 1. The second-order valence-corrected chi connectivity index (χ2v) is 6.62. The van der Waals surface area contributed by atoms with Crippen LogP contribution in [-0.4, -0.2) is 40.3 Å². The lowest BCUT2D eigenvalue weighted by Crippen LogP contribution is -2.41. The number of aliphatic hydroxyl groups is 1. The summed E-state index contributed by atoms with van der Waals surface area (Å²) in [5.74, 6) is 0.396. The minimum absolute atomic E-state index is 0.0225. The van der Waals surface area contributed by atoms with Gasteiger partial charge in [0.15, 0.2) is 5.69 Å². The molecular formula is C13H22N2O3S. The van der Waals surface area contributed by atoms with Gasteiger partial charge in [0, 0.05) is 22.8 Å². The highest BCUT2D eigenvalue weighted by Crippen LogP contribution is 2.22. The Hall–Kier alpha value is -1.01. The van der Waals surface area contributed by atoms with Crippen molar-refractivity contribution < 1.29 is 14.4 Å². The molecule has 0 bridgehead atoms. The van der Waals surface area contributed by atoms with E-state index in [9.17, 15) is 9.90 Å². The Morgan fingerprint density at radius 3 is 2.63 bits per heavy atom. The molecule has 0 spiro atoms. The van der Waals surface area contributed by atoms with Gasteiger partial charge in [-0.2, -0.15) is 11.8 Å². The Labute approximate surface area is 118 Å². The average Bonchev–Trinajstić information content (AvgIpc) is 2.79. The summed E-state index contributed by atoms with van der Waals surface area (Å²) in [6, 6.07) is 1.53. The second-order valence-electron chi connectivity index (χ2n) is 5.55. The van der Waals surface area contributed by atoms with Crippen molar-refractivity contribution in [1.29, 1.82) is 0 Å². The van der Waals surface area contributed by atoms with Crippen LogP contribution in [0.3, 0.4) is 0 Å². The van der Waals surface area contributed by atoms with Crippen molar-refractivity contribution in [2.24, 2.45) is 0 Å². The normalized spacial score (nSPS) is 15.1. The van der Waals surface area contributed by atoms with Crippen molar-refractivity contribution in [2.75, 3.05) is 12.9 Å². The first-order chi connectivity index (χ1) is 8.79. The summed E-state index contributed by atoms with van der Waals surface area (Å²) in [5.41, 5.74) is 0.0962. The summed E-state index contributed by atoms with van der Waals surface area (Å²) in [4.78, 5) is 12.0. The molecule has 5 nitrogen and oxygen atoms in total. The van der Waals surface area contributed by atoms with Crippen molar-refractivity contribution in [1.82, 2.24) is 10.5 Å². The van der Waals surface area contributed by atoms with Gasteiger partial charge in [-0.05, 0) is 13.2 Å². The predicted molar refractivity (Wildman–Crippen MR) is 76.5 cm³/mol. The molecule has 1 aromatic rings. The van der Waals surface area contributed by atoms with Gasteiger partial charge in [-0.25, -0.2) is 0 Å². The number of hydrogen-bond donors (Lipinski definition) is 2. The predicted octanol–water partition coefficient (Wildman–Crippen LogP) is 1.81. The molecule has 6 heteroatoms. The maximum Gasteiger partial charge on any atom is 0.273 e. The third kappa shape index (κ3) is 4.24. The minimum Gasteiger partial charge on any atom is -0.395 e. The lowest BCUT2D eigenvalue weighted by molar-refractivity contribution is 0.0926. The van der Waals surface area contributed by atoms with Gasteiger partial charge in [0.2, 0.25) is 0 Å². The quantitative estimate of drug-likeness (QED) is 0.863. The number of amides is 1. The van der Waals surface area contributed by atoms with Crippen LogP contribution in [0.2, 0.25) is 0 Å². The highest BCUT2D eigenvalue weighted by Gasteiger charge is 2.24. The van der Waals surface area contributed by atoms with E-state index in [1.807, 2.05) is 34.0 Å². The van der Waals surface area contributed by atoms with Crippen LogP contribution >= 0.6 is 11.8 Å². The molecule has 0 aliphatic rings. The van der Waals surface area contributed by atoms with Crippen LogP contribution in [0.15, 0.2) is 10.6 Å². The smallest absolute Gasteiger partial charge is 0.273 e. The maximum atomic E-state index is 12.0. The molecule has 1 heterocycles. The highest BCUT2D eigenvalue weighted by molar-refractivity contribution is 7.99. The van der Waals surface area contributed by atoms with E-state index in [1.165, 1.54) is 11.8 Å². The number of aliphatic hydroxyl groups excluding tert-OH is 1. The molecule has 1 rings (SSSR count). The summed E-state index contributed by atoms with van der Waals surface area (Å²) in [7, 11) is 0. The zero-order valence-corrected chi connectivity index (χ0v) is 12.9. The van der Waals surface area contributed by atoms with E-state index in [0.717, 1.165) is 0 Å². The van der Waals surface area contributed by atoms with Crippen molar-refractivity contribution in [3.63, 3.8) is 0 Å². The first-order valence-electron chi connectivity index (χ1n) is 6.21. The molecule has 1 aromatic heterocycles. The van der Waals surface area contributed by atoms with Gasteiger partial charge in [0.25, 0.3) is 5.91 Å². The van der Waals surface area contributed by atoms with Gasteiger partial charge in [-0.1, -0.05) is 25.9 Å². The Balaban J connectivity index is 2.71. The van der Waals surface area contributed by atoms with Gasteiger partial charge in [0.1, 0.15) is 5.76 Å². The van der Waals surface area contributed by atoms with Crippen LogP contribution in [0, 0.1) is 0 Å². The third-order valence-corrected chi connectivity index (χ3v) is 4.04. The van der Waals surface area contributed by atoms with Gasteiger partial charge < -0.3 is 14.9 Å². The zero-order chi connectivity index (χ0) is 14.6. The van der Waals surface area contributed by atoms with E-state index in [2.05, 4.69) is 10.5 Å². The van der Waals surface area contributed by atoms with E-state index < -0.39 is 0 Å². The Morgan fingerprint density at radius 2 is 2.21 bits per heavy atom. The molecule has 2 N–H and O–H groups in total. The molecule has 19 heavy (non-hydrogen) atoms. The summed E-state index contributed by atoms with van der Waals surface area (Å²) < 4.78 is 5.18. The fourth-order valence-electron chi connectivity index (χ4n) is 1.55. The standard InChI is InChI=1S/C13H22N2O3S/c1-8(10(7-16)19-5)14-12(17)9-6-11(18-15-9)13(2,3)4/h6,8,10,16H,7H2,1-5H3,(H,14,17). The van der Waals surface area contributed by atoms with E-state index in [1.54, 1.807) is 6.07 Å². The number of aromatic nitrogens is 1. The Bertz CT molecular complexity index is 422. The summed E-state index contributed by atoms with van der Waals surface area (Å²) >= 11 is 1.52. The van der Waals surface area contributed by atoms with Crippen molar-refractivity contribution in [3.05, 3.63) is 17.5 Å².